The number of aromatic nitrogens is 4. The number of hydrogen-bond acceptors (Lipinski definition) is 5. The van der Waals surface area contributed by atoms with E-state index in [0.717, 1.165) is 17.7 Å². The highest BCUT2D eigenvalue weighted by Gasteiger charge is 2.24. The first-order valence-corrected chi connectivity index (χ1v) is 8.03. The van der Waals surface area contributed by atoms with Crippen molar-refractivity contribution in [2.24, 2.45) is 7.05 Å². The van der Waals surface area contributed by atoms with E-state index in [9.17, 15) is 13.5 Å². The molecule has 116 valence electrons. The van der Waals surface area contributed by atoms with Gasteiger partial charge in [-0.2, -0.15) is 10.2 Å². The number of sulfonamides is 1. The van der Waals surface area contributed by atoms with E-state index in [2.05, 4.69) is 20.0 Å². The van der Waals surface area contributed by atoms with Gasteiger partial charge in [0.05, 0.1) is 18.0 Å². The van der Waals surface area contributed by atoms with Crippen molar-refractivity contribution in [1.82, 2.24) is 24.7 Å². The number of aryl methyl sites for hydroxylation is 3. The summed E-state index contributed by atoms with van der Waals surface area (Å²) in [5, 5.41) is 19.8. The molecule has 0 saturated carbocycles. The molecule has 8 nitrogen and oxygen atoms in total. The summed E-state index contributed by atoms with van der Waals surface area (Å²) in [6.45, 7) is 3.27. The summed E-state index contributed by atoms with van der Waals surface area (Å²) in [4.78, 5) is 0.00642. The number of aliphatic hydroxyl groups excluding tert-OH is 1. The highest BCUT2D eigenvalue weighted by atomic mass is 32.2. The molecule has 0 amide bonds. The largest absolute Gasteiger partial charge is 0.390 e. The fourth-order valence-corrected chi connectivity index (χ4v) is 3.57. The number of aromatic amines is 1. The fourth-order valence-electron chi connectivity index (χ4n) is 2.21. The van der Waals surface area contributed by atoms with Crippen LogP contribution in [0.2, 0.25) is 0 Å². The Morgan fingerprint density at radius 3 is 2.76 bits per heavy atom. The number of nitrogens with zero attached hydrogens (tertiary/aromatic N) is 3. The topological polar surface area (TPSA) is 113 Å². The van der Waals surface area contributed by atoms with Gasteiger partial charge in [0.1, 0.15) is 10.6 Å². The average molecular weight is 313 g/mol. The van der Waals surface area contributed by atoms with E-state index in [1.165, 1.54) is 0 Å². The lowest BCUT2D eigenvalue weighted by Gasteiger charge is -2.07. The molecule has 2 heterocycles. The Balaban J connectivity index is 2.24. The zero-order valence-electron chi connectivity index (χ0n) is 12.2. The van der Waals surface area contributed by atoms with Gasteiger partial charge >= 0.3 is 0 Å². The molecular weight excluding hydrogens is 294 g/mol. The summed E-state index contributed by atoms with van der Waals surface area (Å²) >= 11 is 0. The van der Waals surface area contributed by atoms with E-state index in [4.69, 9.17) is 0 Å². The minimum absolute atomic E-state index is 0.00642. The van der Waals surface area contributed by atoms with Gasteiger partial charge in [-0.05, 0) is 13.3 Å². The molecule has 0 aromatic carbocycles. The SMILES string of the molecule is CCc1nn(C)cc1CNS(=O)(=O)c1c(CO)n[nH]c1C. The van der Waals surface area contributed by atoms with Crippen molar-refractivity contribution in [3.63, 3.8) is 0 Å². The fraction of sp³-hybridized carbons (Fsp3) is 0.500. The Kier molecular flexibility index (Phi) is 4.45. The highest BCUT2D eigenvalue weighted by Crippen LogP contribution is 2.18. The zero-order valence-corrected chi connectivity index (χ0v) is 13.0. The number of H-pyrrole nitrogens is 1. The third-order valence-corrected chi connectivity index (χ3v) is 4.76. The summed E-state index contributed by atoms with van der Waals surface area (Å²) in [5.74, 6) is 0. The van der Waals surface area contributed by atoms with Crippen LogP contribution < -0.4 is 4.72 Å². The molecule has 2 rings (SSSR count). The lowest BCUT2D eigenvalue weighted by Crippen LogP contribution is -2.25. The molecule has 2 aromatic rings. The van der Waals surface area contributed by atoms with Crippen LogP contribution in [0.3, 0.4) is 0 Å². The predicted octanol–water partition coefficient (Wildman–Crippen LogP) is -0.0152. The molecule has 0 saturated heterocycles. The van der Waals surface area contributed by atoms with Crippen LogP contribution in [0.4, 0.5) is 0 Å². The molecule has 0 radical (unpaired) electrons. The Bertz CT molecular complexity index is 732. The van der Waals surface area contributed by atoms with Crippen LogP contribution in [-0.4, -0.2) is 33.5 Å². The van der Waals surface area contributed by atoms with Crippen molar-refractivity contribution in [3.05, 3.63) is 28.8 Å². The number of hydrogen-bond donors (Lipinski definition) is 3. The van der Waals surface area contributed by atoms with Gasteiger partial charge in [-0.1, -0.05) is 6.92 Å². The maximum Gasteiger partial charge on any atom is 0.244 e. The first-order valence-electron chi connectivity index (χ1n) is 6.54. The molecule has 0 fully saturated rings. The molecule has 0 aliphatic heterocycles. The smallest absolute Gasteiger partial charge is 0.244 e. The summed E-state index contributed by atoms with van der Waals surface area (Å²) in [6.07, 6.45) is 2.51. The van der Waals surface area contributed by atoms with Crippen molar-refractivity contribution in [2.75, 3.05) is 0 Å². The molecule has 0 bridgehead atoms. The Morgan fingerprint density at radius 2 is 2.14 bits per heavy atom. The molecule has 0 aliphatic carbocycles. The molecule has 21 heavy (non-hydrogen) atoms. The number of rotatable bonds is 6. The van der Waals surface area contributed by atoms with Crippen LogP contribution in [0.1, 0.15) is 29.6 Å². The van der Waals surface area contributed by atoms with Gasteiger partial charge in [0.15, 0.2) is 0 Å². The highest BCUT2D eigenvalue weighted by molar-refractivity contribution is 7.89. The van der Waals surface area contributed by atoms with Crippen molar-refractivity contribution in [2.45, 2.75) is 38.3 Å². The lowest BCUT2D eigenvalue weighted by molar-refractivity contribution is 0.273. The van der Waals surface area contributed by atoms with Gasteiger partial charge in [-0.25, -0.2) is 13.1 Å². The van der Waals surface area contributed by atoms with Crippen LogP contribution in [0.15, 0.2) is 11.1 Å². The summed E-state index contributed by atoms with van der Waals surface area (Å²) in [5.41, 5.74) is 2.19. The second-order valence-corrected chi connectivity index (χ2v) is 6.44. The average Bonchev–Trinajstić information content (AvgIpc) is 2.99. The van der Waals surface area contributed by atoms with E-state index < -0.39 is 16.6 Å². The van der Waals surface area contributed by atoms with Gasteiger partial charge < -0.3 is 5.11 Å². The molecule has 2 aromatic heterocycles. The summed E-state index contributed by atoms with van der Waals surface area (Å²) in [7, 11) is -1.95. The number of aliphatic hydroxyl groups is 1. The first kappa shape index (κ1) is 15.7. The minimum atomic E-state index is -3.75. The quantitative estimate of drug-likeness (QED) is 0.694. The first-order chi connectivity index (χ1) is 9.89. The van der Waals surface area contributed by atoms with Crippen LogP contribution in [-0.2, 0) is 36.6 Å². The van der Waals surface area contributed by atoms with Gasteiger partial charge in [-0.15, -0.1) is 0 Å². The van der Waals surface area contributed by atoms with Crippen LogP contribution >= 0.6 is 0 Å². The molecule has 3 N–H and O–H groups in total. The minimum Gasteiger partial charge on any atom is -0.390 e. The monoisotopic (exact) mass is 313 g/mol. The van der Waals surface area contributed by atoms with Crippen molar-refractivity contribution in [1.29, 1.82) is 0 Å². The molecular formula is C12H19N5O3S. The van der Waals surface area contributed by atoms with Gasteiger partial charge in [0.2, 0.25) is 10.0 Å². The molecule has 9 heteroatoms. The van der Waals surface area contributed by atoms with Gasteiger partial charge in [0.25, 0.3) is 0 Å². The Hall–Kier alpha value is -1.71. The maximum absolute atomic E-state index is 12.4. The van der Waals surface area contributed by atoms with E-state index in [-0.39, 0.29) is 17.1 Å². The van der Waals surface area contributed by atoms with Gasteiger partial charge in [0, 0.05) is 25.4 Å². The number of nitrogens with one attached hydrogen (secondary N) is 2. The zero-order chi connectivity index (χ0) is 15.6. The summed E-state index contributed by atoms with van der Waals surface area (Å²) in [6, 6.07) is 0. The normalized spacial score (nSPS) is 12.0. The van der Waals surface area contributed by atoms with Crippen LogP contribution in [0, 0.1) is 6.92 Å². The van der Waals surface area contributed by atoms with E-state index in [0.29, 0.717) is 5.69 Å². The van der Waals surface area contributed by atoms with E-state index >= 15 is 0 Å². The van der Waals surface area contributed by atoms with Crippen LogP contribution in [0.5, 0.6) is 0 Å². The van der Waals surface area contributed by atoms with Crippen molar-refractivity contribution < 1.29 is 13.5 Å². The van der Waals surface area contributed by atoms with Crippen LogP contribution in [0.25, 0.3) is 0 Å². The standard InChI is InChI=1S/C12H19N5O3S/c1-4-10-9(6-17(3)16-10)5-13-21(19,20)12-8(2)14-15-11(12)7-18/h6,13,18H,4-5,7H2,1-3H3,(H,14,15). The Morgan fingerprint density at radius 1 is 1.43 bits per heavy atom. The second-order valence-electron chi connectivity index (χ2n) is 4.74. The molecule has 0 aliphatic rings. The summed E-state index contributed by atoms with van der Waals surface area (Å²) < 4.78 is 28.9. The molecule has 0 atom stereocenters. The van der Waals surface area contributed by atoms with E-state index in [1.807, 2.05) is 6.92 Å². The third-order valence-electron chi connectivity index (χ3n) is 3.16. The maximum atomic E-state index is 12.4. The molecule has 0 spiro atoms. The Labute approximate surface area is 123 Å². The predicted molar refractivity (Wildman–Crippen MR) is 75.9 cm³/mol. The van der Waals surface area contributed by atoms with Crippen molar-refractivity contribution in [3.8, 4) is 0 Å². The van der Waals surface area contributed by atoms with E-state index in [1.54, 1.807) is 24.9 Å². The lowest BCUT2D eigenvalue weighted by atomic mass is 10.2. The molecule has 0 unspecified atom stereocenters. The van der Waals surface area contributed by atoms with Gasteiger partial charge in [-0.3, -0.25) is 9.78 Å². The van der Waals surface area contributed by atoms with Crippen molar-refractivity contribution >= 4 is 10.0 Å². The third kappa shape index (κ3) is 3.14. The second kappa shape index (κ2) is 5.96.